The van der Waals surface area contributed by atoms with Crippen LogP contribution >= 0.6 is 44.1 Å². The molecule has 1 heterocycles. The van der Waals surface area contributed by atoms with E-state index in [0.717, 1.165) is 14.6 Å². The third-order valence-corrected chi connectivity index (χ3v) is 2.49. The number of rotatable bonds is 2. The molecule has 0 atom stereocenters. The molecule has 1 aromatic rings. The molecule has 1 aromatic heterocycles. The summed E-state index contributed by atoms with van der Waals surface area (Å²) in [7, 11) is 0. The molecule has 12 heavy (non-hydrogen) atoms. The zero-order valence-electron chi connectivity index (χ0n) is 6.05. The molecule has 2 nitrogen and oxygen atoms in total. The SMILES string of the molecule is NC(=S)Cc1ncc(Br)cc1Br. The van der Waals surface area contributed by atoms with Crippen molar-refractivity contribution in [1.82, 2.24) is 4.98 Å². The summed E-state index contributed by atoms with van der Waals surface area (Å²) >= 11 is 11.4. The van der Waals surface area contributed by atoms with Gasteiger partial charge in [0.05, 0.1) is 10.7 Å². The predicted molar refractivity (Wildman–Crippen MR) is 60.1 cm³/mol. The van der Waals surface area contributed by atoms with E-state index in [4.69, 9.17) is 18.0 Å². The minimum atomic E-state index is 0.450. The average Bonchev–Trinajstić information content (AvgIpc) is 1.94. The quantitative estimate of drug-likeness (QED) is 0.853. The third-order valence-electron chi connectivity index (χ3n) is 1.23. The topological polar surface area (TPSA) is 38.9 Å². The minimum absolute atomic E-state index is 0.450. The van der Waals surface area contributed by atoms with Gasteiger partial charge in [-0.2, -0.15) is 0 Å². The Morgan fingerprint density at radius 2 is 2.25 bits per heavy atom. The van der Waals surface area contributed by atoms with Crippen molar-refractivity contribution in [3.05, 3.63) is 26.9 Å². The van der Waals surface area contributed by atoms with Crippen molar-refractivity contribution >= 4 is 49.1 Å². The van der Waals surface area contributed by atoms with Crippen molar-refractivity contribution in [3.63, 3.8) is 0 Å². The van der Waals surface area contributed by atoms with Crippen molar-refractivity contribution in [2.45, 2.75) is 6.42 Å². The van der Waals surface area contributed by atoms with Gasteiger partial charge in [-0.05, 0) is 37.9 Å². The van der Waals surface area contributed by atoms with Crippen molar-refractivity contribution in [2.75, 3.05) is 0 Å². The molecular weight excluding hydrogens is 304 g/mol. The lowest BCUT2D eigenvalue weighted by Crippen LogP contribution is -2.12. The highest BCUT2D eigenvalue weighted by Gasteiger charge is 2.02. The Morgan fingerprint density at radius 1 is 1.58 bits per heavy atom. The fourth-order valence-electron chi connectivity index (χ4n) is 0.738. The van der Waals surface area contributed by atoms with Crippen LogP contribution in [0.3, 0.4) is 0 Å². The number of aromatic nitrogens is 1. The number of hydrogen-bond donors (Lipinski definition) is 1. The van der Waals surface area contributed by atoms with Crippen LogP contribution in [0, 0.1) is 0 Å². The number of pyridine rings is 1. The number of nitrogens with two attached hydrogens (primary N) is 1. The highest BCUT2D eigenvalue weighted by Crippen LogP contribution is 2.19. The third kappa shape index (κ3) is 2.80. The van der Waals surface area contributed by atoms with Gasteiger partial charge in [-0.3, -0.25) is 4.98 Å². The molecule has 0 aromatic carbocycles. The van der Waals surface area contributed by atoms with Gasteiger partial charge in [0.25, 0.3) is 0 Å². The van der Waals surface area contributed by atoms with Gasteiger partial charge in [0.1, 0.15) is 0 Å². The van der Waals surface area contributed by atoms with Crippen molar-refractivity contribution in [3.8, 4) is 0 Å². The fraction of sp³-hybridized carbons (Fsp3) is 0.143. The first-order valence-corrected chi connectivity index (χ1v) is 5.17. The molecule has 2 N–H and O–H groups in total. The lowest BCUT2D eigenvalue weighted by molar-refractivity contribution is 1.12. The second-order valence-corrected chi connectivity index (χ2v) is 4.52. The minimum Gasteiger partial charge on any atom is -0.393 e. The van der Waals surface area contributed by atoms with Gasteiger partial charge in [0, 0.05) is 21.6 Å². The molecule has 0 aliphatic rings. The van der Waals surface area contributed by atoms with Gasteiger partial charge in [0.15, 0.2) is 0 Å². The average molecular weight is 310 g/mol. The van der Waals surface area contributed by atoms with Crippen LogP contribution in [0.15, 0.2) is 21.2 Å². The Labute approximate surface area is 92.8 Å². The van der Waals surface area contributed by atoms with Crippen LogP contribution < -0.4 is 5.73 Å². The van der Waals surface area contributed by atoms with Crippen molar-refractivity contribution in [2.24, 2.45) is 5.73 Å². The maximum absolute atomic E-state index is 5.39. The Bertz CT molecular complexity index is 314. The Balaban J connectivity index is 2.93. The van der Waals surface area contributed by atoms with E-state index in [1.165, 1.54) is 0 Å². The second-order valence-electron chi connectivity index (χ2n) is 2.23. The summed E-state index contributed by atoms with van der Waals surface area (Å²) in [5.41, 5.74) is 6.26. The van der Waals surface area contributed by atoms with Crippen LogP contribution in [0.5, 0.6) is 0 Å². The Morgan fingerprint density at radius 3 is 2.75 bits per heavy atom. The molecule has 0 unspecified atom stereocenters. The van der Waals surface area contributed by atoms with Gasteiger partial charge in [-0.25, -0.2) is 0 Å². The van der Waals surface area contributed by atoms with Crippen LogP contribution in [0.4, 0.5) is 0 Å². The standard InChI is InChI=1S/C7H6Br2N2S/c8-4-1-5(9)6(11-3-4)2-7(10)12/h1,3H,2H2,(H2,10,12). The highest BCUT2D eigenvalue weighted by molar-refractivity contribution is 9.11. The van der Waals surface area contributed by atoms with E-state index in [2.05, 4.69) is 36.8 Å². The van der Waals surface area contributed by atoms with E-state index in [1.54, 1.807) is 6.20 Å². The summed E-state index contributed by atoms with van der Waals surface area (Å²) in [6.45, 7) is 0. The summed E-state index contributed by atoms with van der Waals surface area (Å²) in [5, 5.41) is 0. The first-order chi connectivity index (χ1) is 5.59. The summed E-state index contributed by atoms with van der Waals surface area (Å²) in [4.78, 5) is 4.61. The lowest BCUT2D eigenvalue weighted by atomic mass is 10.3. The van der Waals surface area contributed by atoms with E-state index in [9.17, 15) is 0 Å². The zero-order chi connectivity index (χ0) is 9.14. The predicted octanol–water partition coefficient (Wildman–Crippen LogP) is 2.44. The first kappa shape index (κ1) is 10.1. The maximum Gasteiger partial charge on any atom is 0.0788 e. The smallest absolute Gasteiger partial charge is 0.0788 e. The van der Waals surface area contributed by atoms with E-state index in [-0.39, 0.29) is 0 Å². The van der Waals surface area contributed by atoms with Crippen LogP contribution in [0.25, 0.3) is 0 Å². The lowest BCUT2D eigenvalue weighted by Gasteiger charge is -2.01. The molecule has 1 rings (SSSR count). The van der Waals surface area contributed by atoms with E-state index < -0.39 is 0 Å². The second kappa shape index (κ2) is 4.30. The molecular formula is C7H6Br2N2S. The van der Waals surface area contributed by atoms with Crippen molar-refractivity contribution in [1.29, 1.82) is 0 Å². The molecule has 0 fully saturated rings. The molecule has 0 saturated heterocycles. The molecule has 0 aliphatic carbocycles. The number of hydrogen-bond acceptors (Lipinski definition) is 2. The van der Waals surface area contributed by atoms with Crippen LogP contribution in [-0.4, -0.2) is 9.97 Å². The van der Waals surface area contributed by atoms with Gasteiger partial charge in [-0.15, -0.1) is 0 Å². The normalized spacial score (nSPS) is 9.83. The number of nitrogens with zero attached hydrogens (tertiary/aromatic N) is 1. The van der Waals surface area contributed by atoms with E-state index in [0.29, 0.717) is 11.4 Å². The summed E-state index contributed by atoms with van der Waals surface area (Å²) in [6, 6.07) is 1.92. The zero-order valence-corrected chi connectivity index (χ0v) is 10.0. The van der Waals surface area contributed by atoms with Gasteiger partial charge < -0.3 is 5.73 Å². The Kier molecular flexibility index (Phi) is 3.61. The van der Waals surface area contributed by atoms with Crippen LogP contribution in [0.1, 0.15) is 5.69 Å². The van der Waals surface area contributed by atoms with Crippen LogP contribution in [-0.2, 0) is 6.42 Å². The van der Waals surface area contributed by atoms with Gasteiger partial charge in [0.2, 0.25) is 0 Å². The van der Waals surface area contributed by atoms with Gasteiger partial charge >= 0.3 is 0 Å². The molecule has 0 aliphatic heterocycles. The largest absolute Gasteiger partial charge is 0.393 e. The van der Waals surface area contributed by atoms with Crippen LogP contribution in [0.2, 0.25) is 0 Å². The van der Waals surface area contributed by atoms with Crippen molar-refractivity contribution < 1.29 is 0 Å². The summed E-state index contributed by atoms with van der Waals surface area (Å²) in [5.74, 6) is 0. The summed E-state index contributed by atoms with van der Waals surface area (Å²) < 4.78 is 1.85. The molecule has 0 spiro atoms. The number of thiocarbonyl (C=S) groups is 1. The molecule has 64 valence electrons. The fourth-order valence-corrected chi connectivity index (χ4v) is 2.00. The maximum atomic E-state index is 5.39. The monoisotopic (exact) mass is 308 g/mol. The molecule has 0 radical (unpaired) electrons. The van der Waals surface area contributed by atoms with E-state index >= 15 is 0 Å². The summed E-state index contributed by atoms with van der Waals surface area (Å²) in [6.07, 6.45) is 2.25. The molecule has 5 heteroatoms. The molecule has 0 saturated carbocycles. The Hall–Kier alpha value is -0.000000000000000111. The molecule has 0 amide bonds. The first-order valence-electron chi connectivity index (χ1n) is 3.18. The van der Waals surface area contributed by atoms with Gasteiger partial charge in [-0.1, -0.05) is 12.2 Å². The molecule has 0 bridgehead atoms. The number of halogens is 2. The highest BCUT2D eigenvalue weighted by atomic mass is 79.9. The van der Waals surface area contributed by atoms with E-state index in [1.807, 2.05) is 6.07 Å².